The van der Waals surface area contributed by atoms with Crippen molar-refractivity contribution in [2.24, 2.45) is 11.8 Å². The van der Waals surface area contributed by atoms with E-state index in [1.807, 2.05) is 0 Å². The summed E-state index contributed by atoms with van der Waals surface area (Å²) in [7, 11) is -4.09. The number of aliphatic hydroxyl groups is 1. The molecule has 1 N–H and O–H groups in total. The zero-order valence-electron chi connectivity index (χ0n) is 14.8. The molecule has 1 amide bonds. The van der Waals surface area contributed by atoms with Crippen LogP contribution in [0.3, 0.4) is 0 Å². The number of hydrogen-bond donors (Lipinski definition) is 1. The van der Waals surface area contributed by atoms with Crippen molar-refractivity contribution in [3.8, 4) is 0 Å². The molecule has 0 saturated carbocycles. The predicted molar refractivity (Wildman–Crippen MR) is 87.1 cm³/mol. The van der Waals surface area contributed by atoms with Gasteiger partial charge < -0.3 is 14.7 Å². The van der Waals surface area contributed by atoms with Crippen LogP contribution in [0.15, 0.2) is 23.1 Å². The number of hydrogen-bond acceptors (Lipinski definition) is 5. The first-order valence-corrected chi connectivity index (χ1v) is 9.95. The predicted octanol–water partition coefficient (Wildman–Crippen LogP) is 1.58. The highest BCUT2D eigenvalue weighted by Gasteiger charge is 2.48. The number of carbonyl (C=O) groups excluding carboxylic acids is 1. The molecule has 2 aliphatic rings. The van der Waals surface area contributed by atoms with Crippen LogP contribution in [0, 0.1) is 23.5 Å². The van der Waals surface area contributed by atoms with Gasteiger partial charge in [-0.1, -0.05) is 0 Å². The molecule has 2 heterocycles. The zero-order chi connectivity index (χ0) is 21.6. The summed E-state index contributed by atoms with van der Waals surface area (Å²) in [6.45, 7) is -1.51. The molecule has 0 aliphatic carbocycles. The molecule has 2 aliphatic heterocycles. The van der Waals surface area contributed by atoms with Crippen LogP contribution < -0.4 is 0 Å². The van der Waals surface area contributed by atoms with Crippen LogP contribution in [0.25, 0.3) is 0 Å². The first-order valence-electron chi connectivity index (χ1n) is 8.51. The number of fused-ring (bicyclic) bond motifs is 1. The summed E-state index contributed by atoms with van der Waals surface area (Å²) in [5.74, 6) is -3.18. The minimum Gasteiger partial charge on any atom is -0.434 e. The van der Waals surface area contributed by atoms with Crippen molar-refractivity contribution in [2.75, 3.05) is 32.8 Å². The first-order chi connectivity index (χ1) is 13.4. The van der Waals surface area contributed by atoms with E-state index in [4.69, 9.17) is 5.11 Å². The highest BCUT2D eigenvalue weighted by molar-refractivity contribution is 7.89. The maximum atomic E-state index is 13.4. The van der Waals surface area contributed by atoms with Gasteiger partial charge in [0.2, 0.25) is 16.1 Å². The Hall–Kier alpha value is -1.99. The van der Waals surface area contributed by atoms with Gasteiger partial charge in [-0.3, -0.25) is 0 Å². The number of carbonyl (C=O) groups is 1. The minimum absolute atomic E-state index is 0.0245. The van der Waals surface area contributed by atoms with Crippen molar-refractivity contribution in [3.63, 3.8) is 0 Å². The van der Waals surface area contributed by atoms with E-state index >= 15 is 0 Å². The van der Waals surface area contributed by atoms with Crippen LogP contribution in [0.5, 0.6) is 0 Å². The standard InChI is InChI=1S/C16H17F5N2O5S/c17-12-2-1-11(3-13(12)18)29(26,27)23-6-9-4-22(5-10(9)7-23)15(25)28-14(8-24)16(19,20)21/h1-3,9-10,14,24H,4-8H2/t9-,10+,14?. The minimum atomic E-state index is -4.91. The number of amides is 1. The highest BCUT2D eigenvalue weighted by Crippen LogP contribution is 2.35. The van der Waals surface area contributed by atoms with Crippen LogP contribution in [-0.2, 0) is 14.8 Å². The summed E-state index contributed by atoms with van der Waals surface area (Å²) in [4.78, 5) is 12.6. The van der Waals surface area contributed by atoms with Gasteiger partial charge in [-0.15, -0.1) is 0 Å². The third-order valence-electron chi connectivity index (χ3n) is 5.01. The fourth-order valence-electron chi connectivity index (χ4n) is 3.49. The van der Waals surface area contributed by atoms with E-state index in [0.717, 1.165) is 15.3 Å². The maximum absolute atomic E-state index is 13.4. The lowest BCUT2D eigenvalue weighted by Crippen LogP contribution is -2.42. The Morgan fingerprint density at radius 1 is 1.14 bits per heavy atom. The van der Waals surface area contributed by atoms with E-state index < -0.39 is 51.5 Å². The second kappa shape index (κ2) is 7.69. The second-order valence-electron chi connectivity index (χ2n) is 6.92. The van der Waals surface area contributed by atoms with E-state index in [-0.39, 0.29) is 38.0 Å². The Labute approximate surface area is 162 Å². The van der Waals surface area contributed by atoms with Crippen molar-refractivity contribution >= 4 is 16.1 Å². The molecule has 2 saturated heterocycles. The van der Waals surface area contributed by atoms with Crippen molar-refractivity contribution in [1.82, 2.24) is 9.21 Å². The quantitative estimate of drug-likeness (QED) is 0.713. The van der Waals surface area contributed by atoms with Gasteiger partial charge in [-0.25, -0.2) is 22.0 Å². The summed E-state index contributed by atoms with van der Waals surface area (Å²) in [6.07, 6.45) is -8.79. The highest BCUT2D eigenvalue weighted by atomic mass is 32.2. The lowest BCUT2D eigenvalue weighted by Gasteiger charge is -2.24. The van der Waals surface area contributed by atoms with Crippen LogP contribution in [0.1, 0.15) is 0 Å². The molecule has 162 valence electrons. The Kier molecular flexibility index (Phi) is 5.75. The summed E-state index contributed by atoms with van der Waals surface area (Å²) < 4.78 is 94.9. The van der Waals surface area contributed by atoms with E-state index in [1.54, 1.807) is 0 Å². The zero-order valence-corrected chi connectivity index (χ0v) is 15.6. The molecule has 3 atom stereocenters. The molecule has 3 rings (SSSR count). The first kappa shape index (κ1) is 21.7. The molecule has 1 aromatic rings. The lowest BCUT2D eigenvalue weighted by atomic mass is 10.0. The molecular weight excluding hydrogens is 427 g/mol. The number of sulfonamides is 1. The van der Waals surface area contributed by atoms with Crippen molar-refractivity contribution in [2.45, 2.75) is 17.2 Å². The second-order valence-corrected chi connectivity index (χ2v) is 8.86. The summed E-state index contributed by atoms with van der Waals surface area (Å²) in [5.41, 5.74) is 0. The van der Waals surface area contributed by atoms with E-state index in [1.165, 1.54) is 0 Å². The van der Waals surface area contributed by atoms with Crippen molar-refractivity contribution in [1.29, 1.82) is 0 Å². The summed E-state index contributed by atoms with van der Waals surface area (Å²) in [6, 6.07) is 2.22. The van der Waals surface area contributed by atoms with Crippen LogP contribution in [0.2, 0.25) is 0 Å². The summed E-state index contributed by atoms with van der Waals surface area (Å²) in [5, 5.41) is 8.74. The van der Waals surface area contributed by atoms with Gasteiger partial charge in [0.1, 0.15) is 0 Å². The van der Waals surface area contributed by atoms with Gasteiger partial charge in [0.15, 0.2) is 11.6 Å². The van der Waals surface area contributed by atoms with Crippen molar-refractivity contribution in [3.05, 3.63) is 29.8 Å². The molecule has 13 heteroatoms. The normalized spacial score (nSPS) is 23.9. The number of alkyl halides is 3. The SMILES string of the molecule is O=C(OC(CO)C(F)(F)F)N1C[C@@H]2CN(S(=O)(=O)c3ccc(F)c(F)c3)C[C@@H]2C1. The lowest BCUT2D eigenvalue weighted by molar-refractivity contribution is -0.214. The van der Waals surface area contributed by atoms with E-state index in [0.29, 0.717) is 12.1 Å². The van der Waals surface area contributed by atoms with Gasteiger partial charge in [0.05, 0.1) is 11.5 Å². The number of nitrogens with zero attached hydrogens (tertiary/aromatic N) is 2. The van der Waals surface area contributed by atoms with Crippen LogP contribution in [-0.4, -0.2) is 73.9 Å². The number of likely N-dealkylation sites (tertiary alicyclic amines) is 1. The molecule has 1 aromatic carbocycles. The molecule has 29 heavy (non-hydrogen) atoms. The Balaban J connectivity index is 1.63. The Morgan fingerprint density at radius 3 is 2.21 bits per heavy atom. The fourth-order valence-corrected chi connectivity index (χ4v) is 5.05. The van der Waals surface area contributed by atoms with Gasteiger partial charge in [-0.2, -0.15) is 17.5 Å². The molecule has 1 unspecified atom stereocenters. The molecule has 0 aromatic heterocycles. The van der Waals surface area contributed by atoms with Gasteiger partial charge in [0, 0.05) is 26.2 Å². The largest absolute Gasteiger partial charge is 0.434 e. The third kappa shape index (κ3) is 4.31. The molecule has 0 spiro atoms. The number of rotatable bonds is 4. The maximum Gasteiger partial charge on any atom is 0.427 e. The van der Waals surface area contributed by atoms with Crippen molar-refractivity contribution < 1.29 is 45.0 Å². The van der Waals surface area contributed by atoms with Gasteiger partial charge >= 0.3 is 12.3 Å². The fraction of sp³-hybridized carbons (Fsp3) is 0.562. The third-order valence-corrected chi connectivity index (χ3v) is 6.84. The molecule has 7 nitrogen and oxygen atoms in total. The van der Waals surface area contributed by atoms with Crippen LogP contribution in [0.4, 0.5) is 26.7 Å². The monoisotopic (exact) mass is 444 g/mol. The number of halogens is 5. The summed E-state index contributed by atoms with van der Waals surface area (Å²) >= 11 is 0. The average molecular weight is 444 g/mol. The number of ether oxygens (including phenoxy) is 1. The smallest absolute Gasteiger partial charge is 0.427 e. The Morgan fingerprint density at radius 2 is 1.72 bits per heavy atom. The van der Waals surface area contributed by atoms with Gasteiger partial charge in [-0.05, 0) is 30.0 Å². The van der Waals surface area contributed by atoms with E-state index in [9.17, 15) is 35.2 Å². The molecule has 0 radical (unpaired) electrons. The van der Waals surface area contributed by atoms with Crippen LogP contribution >= 0.6 is 0 Å². The Bertz CT molecular complexity index is 880. The average Bonchev–Trinajstić information content (AvgIpc) is 3.20. The topological polar surface area (TPSA) is 87.2 Å². The molecular formula is C16H17F5N2O5S. The number of aliphatic hydroxyl groups excluding tert-OH is 1. The molecule has 0 bridgehead atoms. The number of benzene rings is 1. The molecule has 2 fully saturated rings. The van der Waals surface area contributed by atoms with E-state index in [2.05, 4.69) is 4.74 Å². The van der Waals surface area contributed by atoms with Gasteiger partial charge in [0.25, 0.3) is 0 Å².